The minimum Gasteiger partial charge on any atom is -0.496 e. The Balaban J connectivity index is 3.25. The van der Waals surface area contributed by atoms with E-state index >= 15 is 0 Å². The van der Waals surface area contributed by atoms with Crippen LogP contribution in [0.15, 0.2) is 12.1 Å². The van der Waals surface area contributed by atoms with Crippen molar-refractivity contribution in [1.82, 2.24) is 0 Å². The number of nitrogens with two attached hydrogens (primary N) is 1. The van der Waals surface area contributed by atoms with E-state index in [4.69, 9.17) is 10.5 Å². The highest BCUT2D eigenvalue weighted by Gasteiger charge is 2.28. The average molecular weight is 235 g/mol. The maximum Gasteiger partial charge on any atom is 0.182 e. The number of methoxy groups -OCH3 is 1. The number of carbonyl (C=O) groups is 1. The van der Waals surface area contributed by atoms with Gasteiger partial charge in [-0.25, -0.2) is 0 Å². The molecule has 2 N–H and O–H groups in total. The smallest absolute Gasteiger partial charge is 0.182 e. The van der Waals surface area contributed by atoms with Crippen molar-refractivity contribution in [3.05, 3.63) is 28.8 Å². The van der Waals surface area contributed by atoms with Crippen LogP contribution >= 0.6 is 0 Å². The van der Waals surface area contributed by atoms with Gasteiger partial charge < -0.3 is 10.5 Å². The minimum atomic E-state index is -0.800. The van der Waals surface area contributed by atoms with Crippen molar-refractivity contribution in [3.8, 4) is 5.75 Å². The Kier molecular flexibility index (Phi) is 3.94. The fraction of sp³-hybridized carbons (Fsp3) is 0.500. The molecule has 0 aliphatic heterocycles. The van der Waals surface area contributed by atoms with Gasteiger partial charge in [-0.05, 0) is 50.5 Å². The molecular weight excluding hydrogens is 214 g/mol. The molecule has 0 saturated carbocycles. The summed E-state index contributed by atoms with van der Waals surface area (Å²) in [5.74, 6) is 0.789. The van der Waals surface area contributed by atoms with E-state index in [9.17, 15) is 4.79 Å². The van der Waals surface area contributed by atoms with Gasteiger partial charge in [-0.1, -0.05) is 6.92 Å². The van der Waals surface area contributed by atoms with Crippen LogP contribution in [0.2, 0.25) is 0 Å². The highest BCUT2D eigenvalue weighted by Crippen LogP contribution is 2.25. The van der Waals surface area contributed by atoms with E-state index in [1.54, 1.807) is 14.0 Å². The van der Waals surface area contributed by atoms with Gasteiger partial charge in [-0.2, -0.15) is 0 Å². The van der Waals surface area contributed by atoms with E-state index in [1.807, 2.05) is 32.9 Å². The molecule has 0 bridgehead atoms. The van der Waals surface area contributed by atoms with Crippen LogP contribution in [-0.2, 0) is 0 Å². The molecule has 0 radical (unpaired) electrons. The van der Waals surface area contributed by atoms with Crippen LogP contribution in [0.1, 0.15) is 41.8 Å². The van der Waals surface area contributed by atoms with Crippen LogP contribution in [0, 0.1) is 13.8 Å². The van der Waals surface area contributed by atoms with E-state index in [0.29, 0.717) is 12.0 Å². The maximum absolute atomic E-state index is 12.3. The first-order valence-electron chi connectivity index (χ1n) is 5.82. The summed E-state index contributed by atoms with van der Waals surface area (Å²) in [6.45, 7) is 7.52. The number of hydrogen-bond acceptors (Lipinski definition) is 3. The Morgan fingerprint density at radius 3 is 2.41 bits per heavy atom. The molecular formula is C14H21NO2. The van der Waals surface area contributed by atoms with Gasteiger partial charge in [0.05, 0.1) is 12.6 Å². The number of ketones is 1. The van der Waals surface area contributed by atoms with E-state index < -0.39 is 5.54 Å². The zero-order valence-corrected chi connectivity index (χ0v) is 11.3. The molecule has 94 valence electrons. The number of aryl methyl sites for hydroxylation is 2. The Hall–Kier alpha value is -1.35. The Bertz CT molecular complexity index is 436. The highest BCUT2D eigenvalue weighted by atomic mass is 16.5. The van der Waals surface area contributed by atoms with Gasteiger partial charge in [0.1, 0.15) is 5.75 Å². The first-order chi connectivity index (χ1) is 7.83. The van der Waals surface area contributed by atoms with Crippen LogP contribution in [-0.4, -0.2) is 18.4 Å². The second-order valence-corrected chi connectivity index (χ2v) is 4.74. The molecule has 3 heteroatoms. The summed E-state index contributed by atoms with van der Waals surface area (Å²) in [6.07, 6.45) is 0.621. The molecule has 0 saturated heterocycles. The zero-order chi connectivity index (χ0) is 13.2. The third kappa shape index (κ3) is 2.67. The number of hydrogen-bond donors (Lipinski definition) is 1. The van der Waals surface area contributed by atoms with Crippen molar-refractivity contribution in [2.45, 2.75) is 39.7 Å². The molecule has 17 heavy (non-hydrogen) atoms. The summed E-state index contributed by atoms with van der Waals surface area (Å²) in [5, 5.41) is 0. The first-order valence-corrected chi connectivity index (χ1v) is 5.82. The second kappa shape index (κ2) is 4.88. The van der Waals surface area contributed by atoms with E-state index in [-0.39, 0.29) is 5.78 Å². The van der Waals surface area contributed by atoms with E-state index in [2.05, 4.69) is 0 Å². The third-order valence-corrected chi connectivity index (χ3v) is 3.24. The lowest BCUT2D eigenvalue weighted by atomic mass is 9.87. The lowest BCUT2D eigenvalue weighted by molar-refractivity contribution is 0.0897. The third-order valence-electron chi connectivity index (χ3n) is 3.24. The van der Waals surface area contributed by atoms with Gasteiger partial charge in [-0.3, -0.25) is 4.79 Å². The summed E-state index contributed by atoms with van der Waals surface area (Å²) < 4.78 is 5.23. The van der Waals surface area contributed by atoms with Gasteiger partial charge in [0.25, 0.3) is 0 Å². The van der Waals surface area contributed by atoms with Crippen molar-refractivity contribution in [2.75, 3.05) is 7.11 Å². The number of benzene rings is 1. The van der Waals surface area contributed by atoms with Crippen LogP contribution in [0.3, 0.4) is 0 Å². The molecule has 1 aromatic rings. The Labute approximate surface area is 103 Å². The Morgan fingerprint density at radius 1 is 1.35 bits per heavy atom. The topological polar surface area (TPSA) is 52.3 Å². The predicted octanol–water partition coefficient (Wildman–Crippen LogP) is 2.62. The molecule has 1 atom stereocenters. The largest absolute Gasteiger partial charge is 0.496 e. The summed E-state index contributed by atoms with van der Waals surface area (Å²) in [4.78, 5) is 12.3. The number of rotatable bonds is 4. The van der Waals surface area contributed by atoms with E-state index in [0.717, 1.165) is 16.9 Å². The molecule has 0 aliphatic carbocycles. The van der Waals surface area contributed by atoms with Gasteiger partial charge in [0, 0.05) is 5.56 Å². The van der Waals surface area contributed by atoms with Crippen LogP contribution in [0.25, 0.3) is 0 Å². The number of ether oxygens (including phenoxy) is 1. The fourth-order valence-electron chi connectivity index (χ4n) is 1.72. The molecule has 1 aromatic carbocycles. The highest BCUT2D eigenvalue weighted by molar-refractivity contribution is 6.04. The normalized spacial score (nSPS) is 14.2. The molecule has 0 spiro atoms. The lowest BCUT2D eigenvalue weighted by Gasteiger charge is -2.22. The Morgan fingerprint density at radius 2 is 1.94 bits per heavy atom. The van der Waals surface area contributed by atoms with Crippen molar-refractivity contribution >= 4 is 5.78 Å². The molecule has 0 amide bonds. The fourth-order valence-corrected chi connectivity index (χ4v) is 1.72. The molecule has 0 fully saturated rings. The van der Waals surface area contributed by atoms with Gasteiger partial charge in [0.15, 0.2) is 5.78 Å². The van der Waals surface area contributed by atoms with Gasteiger partial charge in [-0.15, -0.1) is 0 Å². The van der Waals surface area contributed by atoms with Crippen LogP contribution < -0.4 is 10.5 Å². The lowest BCUT2D eigenvalue weighted by Crippen LogP contribution is -2.44. The van der Waals surface area contributed by atoms with E-state index in [1.165, 1.54) is 0 Å². The van der Waals surface area contributed by atoms with Crippen molar-refractivity contribution in [2.24, 2.45) is 5.73 Å². The average Bonchev–Trinajstić information content (AvgIpc) is 2.30. The first kappa shape index (κ1) is 13.7. The molecule has 0 aromatic heterocycles. The molecule has 1 unspecified atom stereocenters. The maximum atomic E-state index is 12.3. The summed E-state index contributed by atoms with van der Waals surface area (Å²) in [5.41, 5.74) is 7.75. The zero-order valence-electron chi connectivity index (χ0n) is 11.3. The predicted molar refractivity (Wildman–Crippen MR) is 69.7 cm³/mol. The summed E-state index contributed by atoms with van der Waals surface area (Å²) >= 11 is 0. The SMILES string of the molecule is CCC(C)(N)C(=O)c1cc(C)c(OC)cc1C. The summed E-state index contributed by atoms with van der Waals surface area (Å²) in [6, 6.07) is 3.74. The molecule has 0 aliphatic rings. The van der Waals surface area contributed by atoms with Crippen molar-refractivity contribution < 1.29 is 9.53 Å². The molecule has 0 heterocycles. The minimum absolute atomic E-state index is 0.0109. The van der Waals surface area contributed by atoms with Crippen molar-refractivity contribution in [3.63, 3.8) is 0 Å². The quantitative estimate of drug-likeness (QED) is 0.816. The number of Topliss-reactive ketones (excluding diaryl/α,β-unsaturated/α-hetero) is 1. The molecule has 3 nitrogen and oxygen atoms in total. The van der Waals surface area contributed by atoms with Crippen LogP contribution in [0.4, 0.5) is 0 Å². The second-order valence-electron chi connectivity index (χ2n) is 4.74. The van der Waals surface area contributed by atoms with Gasteiger partial charge >= 0.3 is 0 Å². The number of carbonyl (C=O) groups excluding carboxylic acids is 1. The molecule has 1 rings (SSSR count). The summed E-state index contributed by atoms with van der Waals surface area (Å²) in [7, 11) is 1.63. The monoisotopic (exact) mass is 235 g/mol. The standard InChI is InChI=1S/C14H21NO2/c1-6-14(4,15)13(16)11-7-10(3)12(17-5)8-9(11)2/h7-8H,6,15H2,1-5H3. The van der Waals surface area contributed by atoms with Crippen LogP contribution in [0.5, 0.6) is 5.75 Å². The van der Waals surface area contributed by atoms with Gasteiger partial charge in [0.2, 0.25) is 0 Å². The van der Waals surface area contributed by atoms with Crippen molar-refractivity contribution in [1.29, 1.82) is 0 Å².